The normalized spacial score (nSPS) is 10.6. The molecule has 0 saturated heterocycles. The Hall–Kier alpha value is -3.54. The zero-order chi connectivity index (χ0) is 16.9. The van der Waals surface area contributed by atoms with Gasteiger partial charge in [-0.3, -0.25) is 0 Å². The number of furan rings is 1. The summed E-state index contributed by atoms with van der Waals surface area (Å²) in [6.45, 7) is 0.378. The van der Waals surface area contributed by atoms with Gasteiger partial charge in [-0.15, -0.1) is 0 Å². The van der Waals surface area contributed by atoms with Gasteiger partial charge in [0.25, 0.3) is 0 Å². The minimum Gasteiger partial charge on any atom is -0.461 e. The molecule has 124 valence electrons. The molecule has 0 unspecified atom stereocenters. The van der Waals surface area contributed by atoms with Gasteiger partial charge in [-0.05, 0) is 36.4 Å². The summed E-state index contributed by atoms with van der Waals surface area (Å²) in [7, 11) is 0. The highest BCUT2D eigenvalue weighted by Crippen LogP contribution is 2.29. The number of hydrogen-bond donors (Lipinski definition) is 1. The van der Waals surface area contributed by atoms with Crippen molar-refractivity contribution < 1.29 is 13.7 Å². The van der Waals surface area contributed by atoms with Crippen LogP contribution in [0.2, 0.25) is 0 Å². The lowest BCUT2D eigenvalue weighted by Gasteiger charge is -2.11. The van der Waals surface area contributed by atoms with E-state index in [1.807, 2.05) is 54.6 Å². The van der Waals surface area contributed by atoms with Crippen LogP contribution in [0, 0.1) is 0 Å². The summed E-state index contributed by atoms with van der Waals surface area (Å²) < 4.78 is 16.4. The van der Waals surface area contributed by atoms with E-state index in [1.165, 1.54) is 0 Å². The maximum absolute atomic E-state index is 5.92. The van der Waals surface area contributed by atoms with E-state index in [2.05, 4.69) is 15.5 Å². The first kappa shape index (κ1) is 15.0. The Bertz CT molecular complexity index is 933. The molecule has 4 aromatic rings. The van der Waals surface area contributed by atoms with Crippen molar-refractivity contribution in [2.45, 2.75) is 6.54 Å². The second-order valence-corrected chi connectivity index (χ2v) is 5.25. The van der Waals surface area contributed by atoms with E-state index in [0.29, 0.717) is 24.0 Å². The number of benzene rings is 2. The molecular weight excluding hydrogens is 318 g/mol. The molecule has 0 atom stereocenters. The first-order valence-corrected chi connectivity index (χ1v) is 7.81. The van der Waals surface area contributed by atoms with Crippen molar-refractivity contribution in [3.8, 4) is 23.1 Å². The van der Waals surface area contributed by atoms with Gasteiger partial charge in [-0.25, -0.2) is 0 Å². The average molecular weight is 333 g/mol. The Labute approximate surface area is 144 Å². The quantitative estimate of drug-likeness (QED) is 0.550. The maximum atomic E-state index is 5.92. The summed E-state index contributed by atoms with van der Waals surface area (Å²) in [4.78, 5) is 4.31. The minimum atomic E-state index is 0.378. The lowest BCUT2D eigenvalue weighted by Crippen LogP contribution is -2.01. The van der Waals surface area contributed by atoms with Crippen LogP contribution in [0.3, 0.4) is 0 Å². The molecule has 0 amide bonds. The van der Waals surface area contributed by atoms with Crippen molar-refractivity contribution in [3.63, 3.8) is 0 Å². The largest absolute Gasteiger partial charge is 0.461 e. The molecule has 0 aliphatic carbocycles. The first-order valence-electron chi connectivity index (χ1n) is 7.81. The summed E-state index contributed by atoms with van der Waals surface area (Å²) in [6, 6.07) is 20.9. The van der Waals surface area contributed by atoms with Gasteiger partial charge in [0.05, 0.1) is 18.5 Å². The number of para-hydroxylation sites is 3. The highest BCUT2D eigenvalue weighted by Gasteiger charge is 2.11. The molecule has 0 aliphatic heterocycles. The zero-order valence-electron chi connectivity index (χ0n) is 13.3. The molecule has 0 radical (unpaired) electrons. The summed E-state index contributed by atoms with van der Waals surface area (Å²) in [5.41, 5.74) is 0.837. The van der Waals surface area contributed by atoms with Crippen molar-refractivity contribution in [1.82, 2.24) is 10.1 Å². The molecule has 1 N–H and O–H groups in total. The van der Waals surface area contributed by atoms with E-state index in [1.54, 1.807) is 18.4 Å². The molecule has 2 aromatic carbocycles. The number of ether oxygens (including phenoxy) is 1. The fourth-order valence-electron chi connectivity index (χ4n) is 2.32. The molecule has 0 aliphatic rings. The van der Waals surface area contributed by atoms with Crippen LogP contribution >= 0.6 is 0 Å². The van der Waals surface area contributed by atoms with Crippen LogP contribution in [0.15, 0.2) is 81.9 Å². The lowest BCUT2D eigenvalue weighted by molar-refractivity contribution is 0.382. The van der Waals surface area contributed by atoms with Crippen LogP contribution in [0.25, 0.3) is 11.6 Å². The number of nitrogens with zero attached hydrogens (tertiary/aromatic N) is 2. The van der Waals surface area contributed by atoms with Gasteiger partial charge in [-0.1, -0.05) is 35.5 Å². The summed E-state index contributed by atoms with van der Waals surface area (Å²) in [5.74, 6) is 2.95. The number of nitrogens with one attached hydrogen (secondary N) is 1. The fourth-order valence-corrected chi connectivity index (χ4v) is 2.32. The predicted octanol–water partition coefficient (Wildman–Crippen LogP) is 4.73. The Morgan fingerprint density at radius 3 is 2.60 bits per heavy atom. The molecule has 6 heteroatoms. The second-order valence-electron chi connectivity index (χ2n) is 5.25. The van der Waals surface area contributed by atoms with Crippen molar-refractivity contribution in [2.75, 3.05) is 5.32 Å². The lowest BCUT2D eigenvalue weighted by atomic mass is 10.3. The van der Waals surface area contributed by atoms with Crippen LogP contribution in [-0.2, 0) is 6.54 Å². The number of aromatic nitrogens is 2. The number of hydrogen-bond acceptors (Lipinski definition) is 6. The monoisotopic (exact) mass is 333 g/mol. The van der Waals surface area contributed by atoms with E-state index in [9.17, 15) is 0 Å². The van der Waals surface area contributed by atoms with E-state index >= 15 is 0 Å². The van der Waals surface area contributed by atoms with Gasteiger partial charge in [0.15, 0.2) is 11.5 Å². The average Bonchev–Trinajstić information content (AvgIpc) is 3.33. The molecule has 2 aromatic heterocycles. The van der Waals surface area contributed by atoms with E-state index in [4.69, 9.17) is 13.7 Å². The topological polar surface area (TPSA) is 73.3 Å². The maximum Gasteiger partial charge on any atom is 0.246 e. The van der Waals surface area contributed by atoms with Gasteiger partial charge in [0.1, 0.15) is 5.75 Å². The third-order valence-corrected chi connectivity index (χ3v) is 3.50. The molecule has 6 nitrogen and oxygen atoms in total. The Morgan fingerprint density at radius 2 is 1.76 bits per heavy atom. The molecule has 2 heterocycles. The van der Waals surface area contributed by atoms with E-state index in [-0.39, 0.29) is 0 Å². The molecule has 25 heavy (non-hydrogen) atoms. The molecular formula is C19H15N3O3. The summed E-state index contributed by atoms with van der Waals surface area (Å²) in [5, 5.41) is 7.17. The van der Waals surface area contributed by atoms with E-state index < -0.39 is 0 Å². The molecule has 0 spiro atoms. The number of rotatable bonds is 6. The van der Waals surface area contributed by atoms with Crippen LogP contribution in [-0.4, -0.2) is 10.1 Å². The van der Waals surface area contributed by atoms with Crippen LogP contribution in [0.1, 0.15) is 5.89 Å². The Balaban J connectivity index is 1.46. The molecule has 0 saturated carbocycles. The van der Waals surface area contributed by atoms with Gasteiger partial charge in [-0.2, -0.15) is 4.98 Å². The van der Waals surface area contributed by atoms with Gasteiger partial charge in [0.2, 0.25) is 11.7 Å². The Kier molecular flexibility index (Phi) is 4.16. The zero-order valence-corrected chi connectivity index (χ0v) is 13.3. The predicted molar refractivity (Wildman–Crippen MR) is 92.3 cm³/mol. The number of anilines is 1. The van der Waals surface area contributed by atoms with Crippen molar-refractivity contribution in [2.24, 2.45) is 0 Å². The molecule has 4 rings (SSSR count). The van der Waals surface area contributed by atoms with Crippen LogP contribution in [0.5, 0.6) is 11.5 Å². The van der Waals surface area contributed by atoms with Gasteiger partial charge < -0.3 is 19.0 Å². The Morgan fingerprint density at radius 1 is 0.920 bits per heavy atom. The third-order valence-electron chi connectivity index (χ3n) is 3.50. The molecule has 0 bridgehead atoms. The highest BCUT2D eigenvalue weighted by molar-refractivity contribution is 5.57. The van der Waals surface area contributed by atoms with Gasteiger partial charge in [0, 0.05) is 0 Å². The minimum absolute atomic E-state index is 0.378. The first-order chi connectivity index (χ1) is 12.4. The smallest absolute Gasteiger partial charge is 0.246 e. The SMILES string of the molecule is c1ccc(Oc2ccccc2NCc2nc(-c3ccco3)no2)cc1. The summed E-state index contributed by atoms with van der Waals surface area (Å²) in [6.07, 6.45) is 1.57. The standard InChI is InChI=1S/C19H15N3O3/c1-2-7-14(8-3-1)24-16-10-5-4-9-15(16)20-13-18-21-19(22-25-18)17-11-6-12-23-17/h1-12,20H,13H2. The third kappa shape index (κ3) is 3.53. The van der Waals surface area contributed by atoms with Crippen LogP contribution < -0.4 is 10.1 Å². The van der Waals surface area contributed by atoms with Crippen LogP contribution in [0.4, 0.5) is 5.69 Å². The molecule has 0 fully saturated rings. The second kappa shape index (κ2) is 6.92. The highest BCUT2D eigenvalue weighted by atomic mass is 16.5. The van der Waals surface area contributed by atoms with E-state index in [0.717, 1.165) is 17.2 Å². The summed E-state index contributed by atoms with van der Waals surface area (Å²) >= 11 is 0. The van der Waals surface area contributed by atoms with Crippen molar-refractivity contribution >= 4 is 5.69 Å². The van der Waals surface area contributed by atoms with Crippen molar-refractivity contribution in [3.05, 3.63) is 78.9 Å². The van der Waals surface area contributed by atoms with Gasteiger partial charge >= 0.3 is 0 Å². The fraction of sp³-hybridized carbons (Fsp3) is 0.0526. The van der Waals surface area contributed by atoms with Crippen molar-refractivity contribution in [1.29, 1.82) is 0 Å².